The average molecular weight is 191 g/mol. The largest absolute Gasteiger partial charge is 0.364 e. The molecular formula is C4H9N5O2S. The van der Waals surface area contributed by atoms with Gasteiger partial charge in [0.05, 0.1) is 0 Å². The van der Waals surface area contributed by atoms with Gasteiger partial charge in [0.2, 0.25) is 0 Å². The summed E-state index contributed by atoms with van der Waals surface area (Å²) < 4.78 is 0. The first-order valence-corrected chi connectivity index (χ1v) is 3.50. The molecule has 0 heterocycles. The van der Waals surface area contributed by atoms with Crippen LogP contribution in [-0.2, 0) is 0 Å². The number of nitro groups is 1. The number of hydrogen-bond acceptors (Lipinski definition) is 3. The van der Waals surface area contributed by atoms with E-state index >= 15 is 0 Å². The summed E-state index contributed by atoms with van der Waals surface area (Å²) in [6.45, 7) is 2.44. The monoisotopic (exact) mass is 191 g/mol. The molecule has 0 aliphatic rings. The van der Waals surface area contributed by atoms with E-state index in [0.717, 1.165) is 0 Å². The van der Waals surface area contributed by atoms with E-state index in [1.807, 2.05) is 6.92 Å². The number of nitrogens with two attached hydrogens (primary N) is 1. The van der Waals surface area contributed by atoms with E-state index in [1.165, 1.54) is 0 Å². The molecule has 4 N–H and O–H groups in total. The lowest BCUT2D eigenvalue weighted by molar-refractivity contribution is -0.485. The van der Waals surface area contributed by atoms with E-state index in [1.54, 1.807) is 0 Å². The van der Waals surface area contributed by atoms with Crippen LogP contribution in [0.15, 0.2) is 5.10 Å². The predicted octanol–water partition coefficient (Wildman–Crippen LogP) is -1.02. The molecule has 0 fully saturated rings. The Morgan fingerprint density at radius 2 is 2.42 bits per heavy atom. The van der Waals surface area contributed by atoms with Crippen LogP contribution in [0.2, 0.25) is 0 Å². The molecule has 68 valence electrons. The number of hydrogen-bond donors (Lipinski definition) is 3. The minimum atomic E-state index is -0.906. The number of nitrogens with zero attached hydrogens (tertiary/aromatic N) is 2. The van der Waals surface area contributed by atoms with Gasteiger partial charge in [-0.3, -0.25) is 5.32 Å². The van der Waals surface area contributed by atoms with Crippen molar-refractivity contribution in [3.63, 3.8) is 0 Å². The van der Waals surface area contributed by atoms with Crippen LogP contribution >= 0.6 is 12.2 Å². The van der Waals surface area contributed by atoms with E-state index in [2.05, 4.69) is 28.0 Å². The van der Waals surface area contributed by atoms with Crippen molar-refractivity contribution in [1.29, 1.82) is 0 Å². The van der Waals surface area contributed by atoms with E-state index < -0.39 is 5.03 Å². The zero-order valence-electron chi connectivity index (χ0n) is 6.40. The quantitative estimate of drug-likeness (QED) is 0.169. The Morgan fingerprint density at radius 3 is 2.83 bits per heavy atom. The molecule has 0 radical (unpaired) electrons. The molecule has 0 aliphatic carbocycles. The summed E-state index contributed by atoms with van der Waals surface area (Å²) in [6, 6.07) is 0. The SMILES string of the molecule is CCNC(=S)N/C(N)=N/[N+](=O)[O-]. The molecule has 0 aromatic heterocycles. The Kier molecular flexibility index (Phi) is 4.61. The first kappa shape index (κ1) is 10.6. The van der Waals surface area contributed by atoms with Crippen LogP contribution in [0.25, 0.3) is 0 Å². The Hall–Kier alpha value is -1.44. The summed E-state index contributed by atoms with van der Waals surface area (Å²) in [5.74, 6) is -0.342. The molecule has 0 aromatic carbocycles. The standard InChI is InChI=1S/C4H9N5O2S/c1-2-6-4(12)7-3(5)8-9(10)11/h2H2,1H3,(H4,5,6,7,8,12). The van der Waals surface area contributed by atoms with Crippen molar-refractivity contribution in [2.24, 2.45) is 10.8 Å². The Morgan fingerprint density at radius 1 is 1.83 bits per heavy atom. The van der Waals surface area contributed by atoms with Crippen LogP contribution in [0.5, 0.6) is 0 Å². The first-order chi connectivity index (χ1) is 5.56. The predicted molar refractivity (Wildman–Crippen MR) is 48.0 cm³/mol. The molecule has 7 nitrogen and oxygen atoms in total. The molecule has 0 aromatic rings. The second-order valence-corrected chi connectivity index (χ2v) is 2.12. The molecule has 8 heteroatoms. The van der Waals surface area contributed by atoms with Crippen LogP contribution in [-0.4, -0.2) is 22.6 Å². The Labute approximate surface area is 74.2 Å². The van der Waals surface area contributed by atoms with Crippen LogP contribution < -0.4 is 16.4 Å². The highest BCUT2D eigenvalue weighted by Crippen LogP contribution is 1.70. The third-order valence-electron chi connectivity index (χ3n) is 0.768. The minimum Gasteiger partial charge on any atom is -0.364 e. The average Bonchev–Trinajstić information content (AvgIpc) is 1.84. The number of thiocarbonyl (C=S) groups is 1. The molecule has 0 aliphatic heterocycles. The van der Waals surface area contributed by atoms with Crippen molar-refractivity contribution in [2.75, 3.05) is 6.54 Å². The fourth-order valence-corrected chi connectivity index (χ4v) is 0.683. The van der Waals surface area contributed by atoms with Crippen LogP contribution in [0.1, 0.15) is 6.92 Å². The van der Waals surface area contributed by atoms with Gasteiger partial charge in [-0.25, -0.2) is 10.1 Å². The summed E-state index contributed by atoms with van der Waals surface area (Å²) in [5, 5.41) is 16.9. The normalized spacial score (nSPS) is 10.6. The highest BCUT2D eigenvalue weighted by molar-refractivity contribution is 7.80. The molecule has 0 unspecified atom stereocenters. The number of guanidine groups is 1. The van der Waals surface area contributed by atoms with Gasteiger partial charge < -0.3 is 11.1 Å². The van der Waals surface area contributed by atoms with E-state index in [4.69, 9.17) is 5.73 Å². The molecule has 0 rings (SSSR count). The van der Waals surface area contributed by atoms with Gasteiger partial charge >= 0.3 is 0 Å². The van der Waals surface area contributed by atoms with E-state index in [0.29, 0.717) is 6.54 Å². The minimum absolute atomic E-state index is 0.209. The van der Waals surface area contributed by atoms with Gasteiger partial charge in [-0.05, 0) is 19.1 Å². The third kappa shape index (κ3) is 5.35. The smallest absolute Gasteiger partial charge is 0.272 e. The zero-order chi connectivity index (χ0) is 9.56. The maximum atomic E-state index is 9.78. The lowest BCUT2D eigenvalue weighted by Gasteiger charge is -2.04. The lowest BCUT2D eigenvalue weighted by atomic mass is 10.7. The molecule has 0 spiro atoms. The topological polar surface area (TPSA) is 106 Å². The second kappa shape index (κ2) is 5.24. The van der Waals surface area contributed by atoms with Crippen molar-refractivity contribution in [3.8, 4) is 0 Å². The van der Waals surface area contributed by atoms with Gasteiger partial charge in [-0.15, -0.1) is 0 Å². The van der Waals surface area contributed by atoms with Crippen molar-refractivity contribution in [2.45, 2.75) is 6.92 Å². The molecule has 12 heavy (non-hydrogen) atoms. The van der Waals surface area contributed by atoms with E-state index in [-0.39, 0.29) is 11.1 Å². The van der Waals surface area contributed by atoms with Gasteiger partial charge in [0, 0.05) is 6.54 Å². The highest BCUT2D eigenvalue weighted by Gasteiger charge is 2.00. The van der Waals surface area contributed by atoms with Gasteiger partial charge in [0.15, 0.2) is 10.1 Å². The van der Waals surface area contributed by atoms with Crippen LogP contribution in [0.4, 0.5) is 0 Å². The molecule has 0 bridgehead atoms. The van der Waals surface area contributed by atoms with Gasteiger partial charge in [-0.1, -0.05) is 0 Å². The Bertz CT molecular complexity index is 215. The van der Waals surface area contributed by atoms with Crippen molar-refractivity contribution in [3.05, 3.63) is 10.1 Å². The molecule has 0 saturated heterocycles. The number of nitrogens with one attached hydrogen (secondary N) is 2. The summed E-state index contributed by atoms with van der Waals surface area (Å²) in [4.78, 5) is 9.78. The van der Waals surface area contributed by atoms with Crippen molar-refractivity contribution in [1.82, 2.24) is 10.6 Å². The fourth-order valence-electron chi connectivity index (χ4n) is 0.434. The number of hydrazone groups is 1. The first-order valence-electron chi connectivity index (χ1n) is 3.09. The maximum absolute atomic E-state index is 9.78. The maximum Gasteiger partial charge on any atom is 0.272 e. The zero-order valence-corrected chi connectivity index (χ0v) is 7.22. The molecule has 0 saturated carbocycles. The van der Waals surface area contributed by atoms with Gasteiger partial charge in [0.25, 0.3) is 5.96 Å². The molecular weight excluding hydrogens is 182 g/mol. The summed E-state index contributed by atoms with van der Waals surface area (Å²) >= 11 is 4.68. The lowest BCUT2D eigenvalue weighted by Crippen LogP contribution is -2.43. The van der Waals surface area contributed by atoms with Crippen molar-refractivity contribution < 1.29 is 5.03 Å². The second-order valence-electron chi connectivity index (χ2n) is 1.71. The summed E-state index contributed by atoms with van der Waals surface area (Å²) in [5.41, 5.74) is 5.08. The fraction of sp³-hybridized carbons (Fsp3) is 0.500. The molecule has 0 amide bonds. The molecule has 0 atom stereocenters. The summed E-state index contributed by atoms with van der Waals surface area (Å²) in [6.07, 6.45) is 0. The van der Waals surface area contributed by atoms with Gasteiger partial charge in [0.1, 0.15) is 5.10 Å². The highest BCUT2D eigenvalue weighted by atomic mass is 32.1. The van der Waals surface area contributed by atoms with E-state index in [9.17, 15) is 10.1 Å². The summed E-state index contributed by atoms with van der Waals surface area (Å²) in [7, 11) is 0. The Balaban J connectivity index is 3.91. The van der Waals surface area contributed by atoms with Crippen molar-refractivity contribution >= 4 is 23.3 Å². The van der Waals surface area contributed by atoms with Crippen LogP contribution in [0, 0.1) is 10.1 Å². The van der Waals surface area contributed by atoms with Crippen LogP contribution in [0.3, 0.4) is 0 Å². The number of rotatable bonds is 2. The van der Waals surface area contributed by atoms with Gasteiger partial charge in [-0.2, -0.15) is 0 Å². The third-order valence-corrected chi connectivity index (χ3v) is 1.01.